The van der Waals surface area contributed by atoms with E-state index in [2.05, 4.69) is 4.84 Å². The minimum absolute atomic E-state index is 0.00731. The van der Waals surface area contributed by atoms with Crippen molar-refractivity contribution in [1.82, 2.24) is 0 Å². The molecule has 0 aromatic heterocycles. The fraction of sp³-hybridized carbons (Fsp3) is 0.400. The van der Waals surface area contributed by atoms with Crippen LogP contribution in [0.4, 0.5) is 4.39 Å². The average Bonchev–Trinajstić information content (AvgIpc) is 2.29. The predicted octanol–water partition coefficient (Wildman–Crippen LogP) is 0.996. The van der Waals surface area contributed by atoms with Crippen LogP contribution >= 0.6 is 0 Å². The second-order valence-corrected chi connectivity index (χ2v) is 3.21. The number of halogens is 1. The second-order valence-electron chi connectivity index (χ2n) is 3.21. The average molecular weight is 229 g/mol. The predicted molar refractivity (Wildman–Crippen MR) is 52.9 cm³/mol. The van der Waals surface area contributed by atoms with Gasteiger partial charge in [0.2, 0.25) is 0 Å². The van der Waals surface area contributed by atoms with Crippen LogP contribution in [-0.4, -0.2) is 20.3 Å². The summed E-state index contributed by atoms with van der Waals surface area (Å²) in [6.45, 7) is 0.785. The Morgan fingerprint density at radius 2 is 2.19 bits per heavy atom. The summed E-state index contributed by atoms with van der Waals surface area (Å²) in [7, 11) is 1.37. The monoisotopic (exact) mass is 229 g/mol. The van der Waals surface area contributed by atoms with Crippen molar-refractivity contribution in [2.45, 2.75) is 6.61 Å². The zero-order chi connectivity index (χ0) is 11.5. The van der Waals surface area contributed by atoms with E-state index in [1.165, 1.54) is 13.2 Å². The van der Waals surface area contributed by atoms with Crippen molar-refractivity contribution in [2.24, 2.45) is 5.90 Å². The SMILES string of the molecule is COc1c(F)cc2c(c1CON)OCCO2. The van der Waals surface area contributed by atoms with Gasteiger partial charge in [-0.05, 0) is 0 Å². The molecule has 0 bridgehead atoms. The second kappa shape index (κ2) is 4.54. The maximum absolute atomic E-state index is 13.6. The van der Waals surface area contributed by atoms with Crippen molar-refractivity contribution < 1.29 is 23.4 Å². The molecule has 2 rings (SSSR count). The molecule has 0 saturated heterocycles. The van der Waals surface area contributed by atoms with E-state index in [0.29, 0.717) is 30.3 Å². The van der Waals surface area contributed by atoms with Crippen molar-refractivity contribution in [3.63, 3.8) is 0 Å². The Kier molecular flexibility index (Phi) is 3.12. The van der Waals surface area contributed by atoms with Crippen molar-refractivity contribution >= 4 is 0 Å². The smallest absolute Gasteiger partial charge is 0.170 e. The van der Waals surface area contributed by atoms with E-state index >= 15 is 0 Å². The van der Waals surface area contributed by atoms with Gasteiger partial charge < -0.3 is 14.2 Å². The normalized spacial score (nSPS) is 13.7. The van der Waals surface area contributed by atoms with Crippen LogP contribution in [0.15, 0.2) is 6.07 Å². The van der Waals surface area contributed by atoms with Gasteiger partial charge in [-0.15, -0.1) is 0 Å². The molecule has 16 heavy (non-hydrogen) atoms. The Hall–Kier alpha value is -1.53. The van der Waals surface area contributed by atoms with Gasteiger partial charge in [0.1, 0.15) is 19.8 Å². The van der Waals surface area contributed by atoms with Crippen LogP contribution in [0, 0.1) is 5.82 Å². The molecule has 0 amide bonds. The van der Waals surface area contributed by atoms with Crippen molar-refractivity contribution in [2.75, 3.05) is 20.3 Å². The fourth-order valence-corrected chi connectivity index (χ4v) is 1.64. The molecule has 6 heteroatoms. The standard InChI is InChI=1S/C10H12FNO4/c1-13-9-6(5-16-12)10-8(4-7(9)11)14-2-3-15-10/h4H,2-3,5,12H2,1H3. The van der Waals surface area contributed by atoms with E-state index in [-0.39, 0.29) is 12.4 Å². The highest BCUT2D eigenvalue weighted by Gasteiger charge is 2.23. The summed E-state index contributed by atoms with van der Waals surface area (Å²) in [6.07, 6.45) is 0. The van der Waals surface area contributed by atoms with Gasteiger partial charge in [0.05, 0.1) is 12.7 Å². The maximum Gasteiger partial charge on any atom is 0.170 e. The summed E-state index contributed by atoms with van der Waals surface area (Å²) >= 11 is 0. The zero-order valence-corrected chi connectivity index (χ0v) is 8.79. The third-order valence-corrected chi connectivity index (χ3v) is 2.27. The largest absolute Gasteiger partial charge is 0.493 e. The first-order valence-electron chi connectivity index (χ1n) is 4.74. The van der Waals surface area contributed by atoms with Gasteiger partial charge in [0.25, 0.3) is 0 Å². The van der Waals surface area contributed by atoms with Crippen LogP contribution in [0.5, 0.6) is 17.2 Å². The first-order valence-corrected chi connectivity index (χ1v) is 4.74. The number of fused-ring (bicyclic) bond motifs is 1. The van der Waals surface area contributed by atoms with E-state index in [1.807, 2.05) is 0 Å². The molecule has 1 aliphatic heterocycles. The van der Waals surface area contributed by atoms with Gasteiger partial charge in [-0.25, -0.2) is 10.3 Å². The van der Waals surface area contributed by atoms with Gasteiger partial charge in [-0.3, -0.25) is 4.84 Å². The molecule has 1 aromatic carbocycles. The minimum atomic E-state index is -0.529. The Labute approximate surface area is 91.8 Å². The molecule has 0 aliphatic carbocycles. The highest BCUT2D eigenvalue weighted by molar-refractivity contribution is 5.55. The van der Waals surface area contributed by atoms with Crippen molar-refractivity contribution in [1.29, 1.82) is 0 Å². The molecule has 1 aliphatic rings. The number of ether oxygens (including phenoxy) is 3. The topological polar surface area (TPSA) is 62.9 Å². The molecule has 0 unspecified atom stereocenters. The van der Waals surface area contributed by atoms with E-state index in [0.717, 1.165) is 0 Å². The quantitative estimate of drug-likeness (QED) is 0.783. The van der Waals surface area contributed by atoms with Crippen LogP contribution in [-0.2, 0) is 11.4 Å². The van der Waals surface area contributed by atoms with Crippen LogP contribution in [0.2, 0.25) is 0 Å². The Bertz CT molecular complexity index is 397. The molecule has 0 radical (unpaired) electrons. The number of benzene rings is 1. The highest BCUT2D eigenvalue weighted by atomic mass is 19.1. The summed E-state index contributed by atoms with van der Waals surface area (Å²) < 4.78 is 29.2. The summed E-state index contributed by atoms with van der Waals surface area (Å²) in [6, 6.07) is 1.23. The minimum Gasteiger partial charge on any atom is -0.493 e. The number of nitrogens with two attached hydrogens (primary N) is 1. The van der Waals surface area contributed by atoms with Crippen molar-refractivity contribution in [3.05, 3.63) is 17.4 Å². The molecule has 0 fully saturated rings. The number of methoxy groups -OCH3 is 1. The van der Waals surface area contributed by atoms with E-state index in [9.17, 15) is 4.39 Å². The van der Waals surface area contributed by atoms with Gasteiger partial charge in [0.15, 0.2) is 23.1 Å². The van der Waals surface area contributed by atoms with Crippen LogP contribution in [0.25, 0.3) is 0 Å². The Morgan fingerprint density at radius 3 is 2.88 bits per heavy atom. The summed E-state index contributed by atoms with van der Waals surface area (Å²) in [5.74, 6) is 5.30. The van der Waals surface area contributed by atoms with E-state index in [4.69, 9.17) is 20.1 Å². The molecule has 5 nitrogen and oxygen atoms in total. The Morgan fingerprint density at radius 1 is 1.44 bits per heavy atom. The van der Waals surface area contributed by atoms with Gasteiger partial charge in [-0.1, -0.05) is 0 Å². The van der Waals surface area contributed by atoms with E-state index in [1.54, 1.807) is 0 Å². The molecule has 0 atom stereocenters. The molecule has 1 heterocycles. The molecule has 0 saturated carbocycles. The first-order chi connectivity index (χ1) is 7.77. The fourth-order valence-electron chi connectivity index (χ4n) is 1.64. The Balaban J connectivity index is 2.54. The maximum atomic E-state index is 13.6. The molecule has 88 valence electrons. The lowest BCUT2D eigenvalue weighted by atomic mass is 10.1. The van der Waals surface area contributed by atoms with Gasteiger partial charge in [-0.2, -0.15) is 0 Å². The van der Waals surface area contributed by atoms with Crippen LogP contribution in [0.1, 0.15) is 5.56 Å². The van der Waals surface area contributed by atoms with Gasteiger partial charge in [0, 0.05) is 6.07 Å². The molecule has 0 spiro atoms. The lowest BCUT2D eigenvalue weighted by molar-refractivity contribution is 0.112. The zero-order valence-electron chi connectivity index (χ0n) is 8.79. The summed E-state index contributed by atoms with van der Waals surface area (Å²) in [5.41, 5.74) is 0.416. The van der Waals surface area contributed by atoms with Crippen LogP contribution in [0.3, 0.4) is 0 Å². The summed E-state index contributed by atoms with van der Waals surface area (Å²) in [4.78, 5) is 4.51. The number of hydrogen-bond donors (Lipinski definition) is 1. The lowest BCUT2D eigenvalue weighted by Gasteiger charge is -2.22. The highest BCUT2D eigenvalue weighted by Crippen LogP contribution is 2.41. The molecule has 1 aromatic rings. The van der Waals surface area contributed by atoms with Gasteiger partial charge >= 0.3 is 0 Å². The molecule has 2 N–H and O–H groups in total. The number of rotatable bonds is 3. The number of hydrogen-bond acceptors (Lipinski definition) is 5. The first kappa shape index (κ1) is 11.0. The lowest BCUT2D eigenvalue weighted by Crippen LogP contribution is -2.18. The molecular formula is C10H12FNO4. The summed E-state index contributed by atoms with van der Waals surface area (Å²) in [5, 5.41) is 0. The van der Waals surface area contributed by atoms with Crippen molar-refractivity contribution in [3.8, 4) is 17.2 Å². The third-order valence-electron chi connectivity index (χ3n) is 2.27. The van der Waals surface area contributed by atoms with Crippen LogP contribution < -0.4 is 20.1 Å². The van der Waals surface area contributed by atoms with E-state index < -0.39 is 5.82 Å². The molecular weight excluding hydrogens is 217 g/mol. The third kappa shape index (κ3) is 1.77.